The van der Waals surface area contributed by atoms with E-state index < -0.39 is 28.5 Å². The lowest BCUT2D eigenvalue weighted by atomic mass is 10.1. The van der Waals surface area contributed by atoms with Crippen LogP contribution < -0.4 is 9.62 Å². The molecule has 7 nitrogen and oxygen atoms in total. The summed E-state index contributed by atoms with van der Waals surface area (Å²) in [5, 5.41) is 2.37. The van der Waals surface area contributed by atoms with Crippen LogP contribution in [0.25, 0.3) is 0 Å². The summed E-state index contributed by atoms with van der Waals surface area (Å²) in [4.78, 5) is 23.7. The van der Waals surface area contributed by atoms with Crippen molar-refractivity contribution in [3.63, 3.8) is 0 Å². The Bertz CT molecular complexity index is 1090. The summed E-state index contributed by atoms with van der Waals surface area (Å²) in [5.41, 5.74) is 1.63. The van der Waals surface area contributed by atoms with Gasteiger partial charge in [-0.3, -0.25) is 9.10 Å². The summed E-state index contributed by atoms with van der Waals surface area (Å²) < 4.78 is 32.8. The van der Waals surface area contributed by atoms with Crippen LogP contribution in [0.1, 0.15) is 22.8 Å². The predicted molar refractivity (Wildman–Crippen MR) is 108 cm³/mol. The number of rotatable bonds is 6. The van der Waals surface area contributed by atoms with Crippen LogP contribution in [-0.4, -0.2) is 39.5 Å². The number of nitrogens with zero attached hydrogens (tertiary/aromatic N) is 1. The summed E-state index contributed by atoms with van der Waals surface area (Å²) in [6.07, 6.45) is 5.65. The molecule has 1 aliphatic rings. The number of amides is 1. The second kappa shape index (κ2) is 8.37. The average molecular weight is 412 g/mol. The van der Waals surface area contributed by atoms with Gasteiger partial charge in [0.1, 0.15) is 0 Å². The van der Waals surface area contributed by atoms with Gasteiger partial charge in [0.15, 0.2) is 6.61 Å². The van der Waals surface area contributed by atoms with Crippen molar-refractivity contribution >= 4 is 27.6 Å². The van der Waals surface area contributed by atoms with Crippen LogP contribution in [0.5, 0.6) is 0 Å². The van der Waals surface area contributed by atoms with E-state index in [9.17, 15) is 18.0 Å². The van der Waals surface area contributed by atoms with Gasteiger partial charge in [0.25, 0.3) is 15.9 Å². The predicted octanol–water partition coefficient (Wildman–Crippen LogP) is 1.73. The van der Waals surface area contributed by atoms with Crippen LogP contribution >= 0.6 is 0 Å². The number of anilines is 1. The third kappa shape index (κ3) is 4.25. The van der Waals surface area contributed by atoms with Crippen LogP contribution in [-0.2, 0) is 26.0 Å². The zero-order valence-corrected chi connectivity index (χ0v) is 16.6. The first-order chi connectivity index (χ1) is 13.8. The zero-order chi connectivity index (χ0) is 21.0. The van der Waals surface area contributed by atoms with Crippen molar-refractivity contribution in [3.05, 3.63) is 59.7 Å². The molecular weight excluding hydrogens is 392 g/mol. The maximum atomic E-state index is 13.3. The smallest absolute Gasteiger partial charge is 0.338 e. The molecule has 1 heterocycles. The molecule has 2 aromatic rings. The number of para-hydroxylation sites is 1. The summed E-state index contributed by atoms with van der Waals surface area (Å²) >= 11 is 0. The molecule has 3 rings (SSSR count). The van der Waals surface area contributed by atoms with Crippen LogP contribution in [0.15, 0.2) is 53.4 Å². The number of terminal acetylenes is 1. The second-order valence-electron chi connectivity index (χ2n) is 6.57. The van der Waals surface area contributed by atoms with Crippen molar-refractivity contribution in [2.24, 2.45) is 0 Å². The molecule has 0 saturated heterocycles. The van der Waals surface area contributed by atoms with Gasteiger partial charge in [-0.05, 0) is 43.2 Å². The fraction of sp³-hybridized carbons (Fsp3) is 0.238. The number of nitrogens with one attached hydrogen (secondary N) is 1. The van der Waals surface area contributed by atoms with Gasteiger partial charge in [0.05, 0.1) is 22.7 Å². The monoisotopic (exact) mass is 412 g/mol. The van der Waals surface area contributed by atoms with Crippen LogP contribution in [0.4, 0.5) is 5.69 Å². The van der Waals surface area contributed by atoms with Crippen molar-refractivity contribution < 1.29 is 22.7 Å². The molecule has 0 aromatic heterocycles. The Labute approximate surface area is 169 Å². The number of carbonyl (C=O) groups excluding carboxylic acids is 2. The van der Waals surface area contributed by atoms with Gasteiger partial charge in [-0.15, -0.1) is 6.42 Å². The largest absolute Gasteiger partial charge is 0.452 e. The Morgan fingerprint density at radius 2 is 2.00 bits per heavy atom. The third-order valence-corrected chi connectivity index (χ3v) is 6.42. The van der Waals surface area contributed by atoms with E-state index in [0.29, 0.717) is 12.1 Å². The van der Waals surface area contributed by atoms with E-state index >= 15 is 0 Å². The number of sulfonamides is 1. The first-order valence-electron chi connectivity index (χ1n) is 8.94. The minimum absolute atomic E-state index is 0.0210. The van der Waals surface area contributed by atoms with E-state index in [0.717, 1.165) is 5.56 Å². The molecule has 0 unspecified atom stereocenters. The van der Waals surface area contributed by atoms with Crippen molar-refractivity contribution in [2.45, 2.75) is 24.3 Å². The molecule has 0 saturated carbocycles. The Kier molecular flexibility index (Phi) is 5.89. The number of hydrogen-bond donors (Lipinski definition) is 1. The highest BCUT2D eigenvalue weighted by Crippen LogP contribution is 2.36. The second-order valence-corrected chi connectivity index (χ2v) is 8.38. The average Bonchev–Trinajstić information content (AvgIpc) is 3.06. The Hall–Kier alpha value is -3.31. The van der Waals surface area contributed by atoms with Crippen LogP contribution in [0.2, 0.25) is 0 Å². The molecule has 0 radical (unpaired) electrons. The van der Waals surface area contributed by atoms with Crippen molar-refractivity contribution in [1.29, 1.82) is 0 Å². The molecule has 1 aliphatic heterocycles. The number of carbonyl (C=O) groups is 2. The molecule has 1 atom stereocenters. The quantitative estimate of drug-likeness (QED) is 0.576. The molecule has 0 aliphatic carbocycles. The molecule has 0 fully saturated rings. The number of hydrogen-bond acceptors (Lipinski definition) is 5. The number of benzene rings is 2. The SMILES string of the molecule is C#CCNC(=O)COC(=O)c1cccc(S(=O)(=O)N2c3ccccc3C[C@@H]2C)c1. The lowest BCUT2D eigenvalue weighted by Gasteiger charge is -2.24. The molecule has 1 N–H and O–H groups in total. The summed E-state index contributed by atoms with van der Waals surface area (Å²) in [7, 11) is -3.88. The van der Waals surface area contributed by atoms with Gasteiger partial charge in [0, 0.05) is 6.04 Å². The highest BCUT2D eigenvalue weighted by Gasteiger charge is 2.36. The number of esters is 1. The molecule has 150 valence electrons. The van der Waals surface area contributed by atoms with Gasteiger partial charge in [-0.1, -0.05) is 30.2 Å². The molecule has 8 heteroatoms. The Balaban J connectivity index is 1.81. The zero-order valence-electron chi connectivity index (χ0n) is 15.8. The van der Waals surface area contributed by atoms with Crippen molar-refractivity contribution in [3.8, 4) is 12.3 Å². The Morgan fingerprint density at radius 3 is 2.76 bits per heavy atom. The van der Waals surface area contributed by atoms with E-state index in [1.165, 1.54) is 28.6 Å². The number of ether oxygens (including phenoxy) is 1. The van der Waals surface area contributed by atoms with Crippen LogP contribution in [0.3, 0.4) is 0 Å². The van der Waals surface area contributed by atoms with Gasteiger partial charge >= 0.3 is 5.97 Å². The van der Waals surface area contributed by atoms with Crippen molar-refractivity contribution in [2.75, 3.05) is 17.5 Å². The van der Waals surface area contributed by atoms with Gasteiger partial charge in [-0.25, -0.2) is 13.2 Å². The summed E-state index contributed by atoms with van der Waals surface area (Å²) in [6.45, 7) is 1.36. The van der Waals surface area contributed by atoms with E-state index in [-0.39, 0.29) is 23.0 Å². The lowest BCUT2D eigenvalue weighted by Crippen LogP contribution is -2.35. The molecule has 1 amide bonds. The molecule has 0 bridgehead atoms. The number of fused-ring (bicyclic) bond motifs is 1. The molecule has 29 heavy (non-hydrogen) atoms. The highest BCUT2D eigenvalue weighted by atomic mass is 32.2. The van der Waals surface area contributed by atoms with Crippen LogP contribution in [0, 0.1) is 12.3 Å². The van der Waals surface area contributed by atoms with E-state index in [4.69, 9.17) is 11.2 Å². The minimum Gasteiger partial charge on any atom is -0.452 e. The van der Waals surface area contributed by atoms with E-state index in [1.807, 2.05) is 19.1 Å². The molecule has 2 aromatic carbocycles. The fourth-order valence-corrected chi connectivity index (χ4v) is 4.95. The first-order valence-corrected chi connectivity index (χ1v) is 10.4. The standard InChI is InChI=1S/C21H20N2O5S/c1-3-11-22-20(24)14-28-21(25)17-8-6-9-18(13-17)29(26,27)23-15(2)12-16-7-4-5-10-19(16)23/h1,4-10,13,15H,11-12,14H2,2H3,(H,22,24)/t15-/m0/s1. The molecule has 0 spiro atoms. The maximum absolute atomic E-state index is 13.3. The summed E-state index contributed by atoms with van der Waals surface area (Å²) in [6, 6.07) is 12.7. The summed E-state index contributed by atoms with van der Waals surface area (Å²) in [5.74, 6) is 0.898. The van der Waals surface area contributed by atoms with E-state index in [1.54, 1.807) is 12.1 Å². The topological polar surface area (TPSA) is 92.8 Å². The normalized spacial score (nSPS) is 15.3. The van der Waals surface area contributed by atoms with Crippen molar-refractivity contribution in [1.82, 2.24) is 5.32 Å². The first kappa shape index (κ1) is 20.4. The molecular formula is C21H20N2O5S. The Morgan fingerprint density at radius 1 is 1.24 bits per heavy atom. The minimum atomic E-state index is -3.88. The third-order valence-electron chi connectivity index (χ3n) is 4.49. The van der Waals surface area contributed by atoms with Gasteiger partial charge in [-0.2, -0.15) is 0 Å². The maximum Gasteiger partial charge on any atom is 0.338 e. The lowest BCUT2D eigenvalue weighted by molar-refractivity contribution is -0.123. The fourth-order valence-electron chi connectivity index (χ4n) is 3.22. The van der Waals surface area contributed by atoms with Gasteiger partial charge in [0.2, 0.25) is 0 Å². The van der Waals surface area contributed by atoms with E-state index in [2.05, 4.69) is 11.2 Å². The highest BCUT2D eigenvalue weighted by molar-refractivity contribution is 7.92. The van der Waals surface area contributed by atoms with Gasteiger partial charge < -0.3 is 10.1 Å².